The van der Waals surface area contributed by atoms with Crippen molar-refractivity contribution < 1.29 is 18.4 Å². The van der Waals surface area contributed by atoms with Crippen LogP contribution >= 0.6 is 0 Å². The van der Waals surface area contributed by atoms with E-state index in [-0.39, 0.29) is 6.10 Å². The highest BCUT2D eigenvalue weighted by molar-refractivity contribution is 7.96. The van der Waals surface area contributed by atoms with E-state index in [1.54, 1.807) is 0 Å². The number of nitrogens with zero attached hydrogens (tertiary/aromatic N) is 1. The van der Waals surface area contributed by atoms with Gasteiger partial charge in [0.2, 0.25) is 0 Å². The minimum Gasteiger partial charge on any atom is -0.379 e. The molecule has 1 saturated heterocycles. The summed E-state index contributed by atoms with van der Waals surface area (Å²) in [5, 5.41) is 0. The molecule has 19 heavy (non-hydrogen) atoms. The van der Waals surface area contributed by atoms with Crippen molar-refractivity contribution in [2.75, 3.05) is 52.7 Å². The topological polar surface area (TPSA) is 60.0 Å². The first-order chi connectivity index (χ1) is 9.02. The van der Waals surface area contributed by atoms with Crippen molar-refractivity contribution in [1.29, 1.82) is 0 Å². The molecule has 1 rings (SSSR count). The van der Waals surface area contributed by atoms with E-state index in [9.17, 15) is 4.21 Å². The molecule has 0 aromatic rings. The molecule has 1 unspecified atom stereocenters. The van der Waals surface area contributed by atoms with E-state index < -0.39 is 9.89 Å². The van der Waals surface area contributed by atoms with Gasteiger partial charge < -0.3 is 14.2 Å². The van der Waals surface area contributed by atoms with Crippen LogP contribution in [0.3, 0.4) is 0 Å². The smallest absolute Gasteiger partial charge is 0.0879 e. The summed E-state index contributed by atoms with van der Waals surface area (Å²) in [6.45, 7) is 8.64. The van der Waals surface area contributed by atoms with Gasteiger partial charge in [0.1, 0.15) is 0 Å². The molecule has 0 spiro atoms. The molecule has 0 aromatic heterocycles. The molecule has 0 radical (unpaired) electrons. The van der Waals surface area contributed by atoms with Crippen LogP contribution in [-0.4, -0.2) is 73.2 Å². The van der Waals surface area contributed by atoms with Crippen LogP contribution in [-0.2, 0) is 24.1 Å². The van der Waals surface area contributed by atoms with E-state index in [4.69, 9.17) is 14.2 Å². The predicted octanol–water partition coefficient (Wildman–Crippen LogP) is -0.104. The molecule has 1 heterocycles. The first-order valence-corrected chi connectivity index (χ1v) is 8.35. The van der Waals surface area contributed by atoms with Crippen LogP contribution in [0.2, 0.25) is 0 Å². The SMILES string of the molecule is C=S(=O)(NCCOCCOC(C)C)N1CCOCC1. The second-order valence-electron chi connectivity index (χ2n) is 4.61. The fourth-order valence-electron chi connectivity index (χ4n) is 1.65. The highest BCUT2D eigenvalue weighted by atomic mass is 32.2. The fraction of sp³-hybridized carbons (Fsp3) is 0.917. The summed E-state index contributed by atoms with van der Waals surface area (Å²) in [5.41, 5.74) is 0. The molecule has 0 aromatic carbocycles. The monoisotopic (exact) mass is 294 g/mol. The van der Waals surface area contributed by atoms with E-state index in [2.05, 4.69) is 10.6 Å². The Kier molecular flexibility index (Phi) is 7.89. The van der Waals surface area contributed by atoms with Crippen molar-refractivity contribution in [1.82, 2.24) is 9.03 Å². The van der Waals surface area contributed by atoms with Crippen LogP contribution in [0.1, 0.15) is 13.8 Å². The number of rotatable bonds is 9. The number of hydrogen-bond acceptors (Lipinski definition) is 4. The third kappa shape index (κ3) is 7.24. The first-order valence-electron chi connectivity index (χ1n) is 6.66. The van der Waals surface area contributed by atoms with Crippen molar-refractivity contribution in [2.24, 2.45) is 0 Å². The van der Waals surface area contributed by atoms with E-state index in [1.165, 1.54) is 0 Å². The van der Waals surface area contributed by atoms with Crippen LogP contribution in [0, 0.1) is 0 Å². The van der Waals surface area contributed by atoms with Crippen molar-refractivity contribution in [3.63, 3.8) is 0 Å². The Hall–Kier alpha value is -0.180. The maximum Gasteiger partial charge on any atom is 0.0879 e. The zero-order chi connectivity index (χ0) is 14.1. The third-order valence-corrected chi connectivity index (χ3v) is 4.49. The summed E-state index contributed by atoms with van der Waals surface area (Å²) >= 11 is 0. The van der Waals surface area contributed by atoms with Gasteiger partial charge in [0.15, 0.2) is 0 Å². The average Bonchev–Trinajstić information content (AvgIpc) is 2.38. The lowest BCUT2D eigenvalue weighted by Gasteiger charge is -2.29. The van der Waals surface area contributed by atoms with Gasteiger partial charge in [-0.2, -0.15) is 0 Å². The van der Waals surface area contributed by atoms with Crippen LogP contribution in [0.25, 0.3) is 0 Å². The van der Waals surface area contributed by atoms with Crippen LogP contribution in [0.4, 0.5) is 0 Å². The molecule has 1 N–H and O–H groups in total. The van der Waals surface area contributed by atoms with Gasteiger partial charge >= 0.3 is 0 Å². The first kappa shape index (κ1) is 16.9. The van der Waals surface area contributed by atoms with Crippen molar-refractivity contribution in [2.45, 2.75) is 20.0 Å². The fourth-order valence-corrected chi connectivity index (χ4v) is 2.97. The van der Waals surface area contributed by atoms with Crippen molar-refractivity contribution >= 4 is 15.8 Å². The van der Waals surface area contributed by atoms with Gasteiger partial charge in [-0.1, -0.05) is 0 Å². The van der Waals surface area contributed by atoms with Gasteiger partial charge in [0.25, 0.3) is 0 Å². The Morgan fingerprint density at radius 2 is 2.00 bits per heavy atom. The van der Waals surface area contributed by atoms with Crippen LogP contribution in [0.15, 0.2) is 0 Å². The highest BCUT2D eigenvalue weighted by Gasteiger charge is 2.18. The summed E-state index contributed by atoms with van der Waals surface area (Å²) < 4.78 is 33.0. The molecular formula is C12H26N2O4S. The molecule has 1 aliphatic heterocycles. The molecule has 0 aliphatic carbocycles. The Morgan fingerprint density at radius 3 is 2.63 bits per heavy atom. The van der Waals surface area contributed by atoms with E-state index in [0.717, 1.165) is 0 Å². The Labute approximate surface area is 116 Å². The second kappa shape index (κ2) is 8.89. The summed E-state index contributed by atoms with van der Waals surface area (Å²) in [4.78, 5) is 0. The van der Waals surface area contributed by atoms with Gasteiger partial charge in [0.05, 0.1) is 49.0 Å². The maximum atomic E-state index is 12.3. The van der Waals surface area contributed by atoms with Gasteiger partial charge in [-0.15, -0.1) is 0 Å². The lowest BCUT2D eigenvalue weighted by Crippen LogP contribution is -2.47. The number of morpholine rings is 1. The lowest BCUT2D eigenvalue weighted by atomic mass is 10.5. The van der Waals surface area contributed by atoms with E-state index >= 15 is 0 Å². The van der Waals surface area contributed by atoms with Gasteiger partial charge in [-0.25, -0.2) is 13.2 Å². The number of nitrogens with one attached hydrogen (secondary N) is 1. The average molecular weight is 294 g/mol. The summed E-state index contributed by atoms with van der Waals surface area (Å²) in [7, 11) is -2.40. The number of ether oxygens (including phenoxy) is 3. The van der Waals surface area contributed by atoms with Crippen LogP contribution < -0.4 is 4.72 Å². The molecule has 0 amide bonds. The van der Waals surface area contributed by atoms with Crippen LogP contribution in [0.5, 0.6) is 0 Å². The molecule has 0 saturated carbocycles. The Balaban J connectivity index is 2.07. The minimum atomic E-state index is -2.40. The molecule has 1 atom stereocenters. The predicted molar refractivity (Wildman–Crippen MR) is 77.6 cm³/mol. The quantitative estimate of drug-likeness (QED) is 0.476. The van der Waals surface area contributed by atoms with Gasteiger partial charge in [0, 0.05) is 19.6 Å². The third-order valence-electron chi connectivity index (χ3n) is 2.64. The maximum absolute atomic E-state index is 12.3. The zero-order valence-corrected chi connectivity index (χ0v) is 12.7. The largest absolute Gasteiger partial charge is 0.379 e. The number of hydrogen-bond donors (Lipinski definition) is 1. The molecule has 0 bridgehead atoms. The highest BCUT2D eigenvalue weighted by Crippen LogP contribution is 2.02. The normalized spacial score (nSPS) is 20.6. The molecule has 1 fully saturated rings. The lowest BCUT2D eigenvalue weighted by molar-refractivity contribution is 0.0211. The van der Waals surface area contributed by atoms with Gasteiger partial charge in [-0.3, -0.25) is 0 Å². The Morgan fingerprint density at radius 1 is 1.32 bits per heavy atom. The standard InChI is InChI=1S/C12H26N2O4S/c1-12(2)18-11-10-16-7-4-13-19(3,15)14-5-8-17-9-6-14/h12H,3-11H2,1-2H3,(H,13,15). The zero-order valence-electron chi connectivity index (χ0n) is 11.9. The molecule has 1 aliphatic rings. The van der Waals surface area contributed by atoms with Crippen molar-refractivity contribution in [3.05, 3.63) is 0 Å². The molecule has 114 valence electrons. The second-order valence-corrected chi connectivity index (χ2v) is 6.69. The summed E-state index contributed by atoms with van der Waals surface area (Å²) in [6, 6.07) is 0. The van der Waals surface area contributed by atoms with E-state index in [1.807, 2.05) is 18.2 Å². The van der Waals surface area contributed by atoms with E-state index in [0.29, 0.717) is 52.7 Å². The Bertz CT molecular complexity index is 327. The van der Waals surface area contributed by atoms with Crippen molar-refractivity contribution in [3.8, 4) is 0 Å². The molecule has 6 nitrogen and oxygen atoms in total. The minimum absolute atomic E-state index is 0.224. The summed E-state index contributed by atoms with van der Waals surface area (Å²) in [5.74, 6) is 3.76. The molecular weight excluding hydrogens is 268 g/mol. The van der Waals surface area contributed by atoms with Gasteiger partial charge in [-0.05, 0) is 19.7 Å². The molecule has 7 heteroatoms. The summed E-state index contributed by atoms with van der Waals surface area (Å²) in [6.07, 6.45) is 0.224.